The molecule has 0 aliphatic heterocycles. The lowest BCUT2D eigenvalue weighted by atomic mass is 10.5. The van der Waals surface area contributed by atoms with Crippen molar-refractivity contribution in [2.24, 2.45) is 0 Å². The Morgan fingerprint density at radius 1 is 1.07 bits per heavy atom. The van der Waals surface area contributed by atoms with E-state index in [9.17, 15) is 0 Å². The van der Waals surface area contributed by atoms with Gasteiger partial charge in [0.1, 0.15) is 0 Å². The van der Waals surface area contributed by atoms with Crippen molar-refractivity contribution in [1.29, 1.82) is 0 Å². The fraction of sp³-hybridized carbons (Fsp3) is 1.00. The molecule has 2 N–H and O–H groups in total. The Labute approximate surface area is 86.7 Å². The minimum Gasteiger partial charge on any atom is -0.395 e. The molecule has 0 heterocycles. The van der Waals surface area contributed by atoms with E-state index in [0.29, 0.717) is 6.54 Å². The highest BCUT2D eigenvalue weighted by Gasteiger charge is 2.36. The highest BCUT2D eigenvalue weighted by Crippen LogP contribution is 2.13. The first-order valence-corrected chi connectivity index (χ1v) is 6.65. The first-order valence-electron chi connectivity index (χ1n) is 4.71. The van der Waals surface area contributed by atoms with Crippen molar-refractivity contribution >= 4 is 8.80 Å². The van der Waals surface area contributed by atoms with Crippen LogP contribution >= 0.6 is 0 Å². The van der Waals surface area contributed by atoms with Gasteiger partial charge in [0, 0.05) is 33.9 Å². The summed E-state index contributed by atoms with van der Waals surface area (Å²) in [5.74, 6) is 0. The van der Waals surface area contributed by atoms with Crippen molar-refractivity contribution in [3.05, 3.63) is 0 Å². The van der Waals surface area contributed by atoms with Crippen LogP contribution in [-0.2, 0) is 13.3 Å². The second-order valence-electron chi connectivity index (χ2n) is 2.87. The summed E-state index contributed by atoms with van der Waals surface area (Å²) in [6.45, 7) is 1.63. The van der Waals surface area contributed by atoms with E-state index >= 15 is 0 Å². The molecule has 0 aromatic carbocycles. The van der Waals surface area contributed by atoms with Crippen LogP contribution in [-0.4, -0.2) is 54.9 Å². The normalized spacial score (nSPS) is 12.0. The average Bonchev–Trinajstić information content (AvgIpc) is 2.24. The Morgan fingerprint density at radius 3 is 2.07 bits per heavy atom. The molecule has 5 nitrogen and oxygen atoms in total. The van der Waals surface area contributed by atoms with Gasteiger partial charge in [0.25, 0.3) is 0 Å². The topological polar surface area (TPSA) is 60.0 Å². The van der Waals surface area contributed by atoms with Crippen molar-refractivity contribution < 1.29 is 18.4 Å². The fourth-order valence-corrected chi connectivity index (χ4v) is 2.91. The van der Waals surface area contributed by atoms with E-state index < -0.39 is 8.80 Å². The molecule has 0 fully saturated rings. The minimum absolute atomic E-state index is 0.168. The lowest BCUT2D eigenvalue weighted by Crippen LogP contribution is -2.43. The van der Waals surface area contributed by atoms with Gasteiger partial charge >= 0.3 is 8.80 Å². The summed E-state index contributed by atoms with van der Waals surface area (Å²) >= 11 is 0. The smallest absolute Gasteiger partial charge is 0.395 e. The predicted molar refractivity (Wildman–Crippen MR) is 56.2 cm³/mol. The quantitative estimate of drug-likeness (QED) is 0.420. The average molecular weight is 223 g/mol. The van der Waals surface area contributed by atoms with Gasteiger partial charge in [-0.15, -0.1) is 0 Å². The van der Waals surface area contributed by atoms with Crippen molar-refractivity contribution in [3.63, 3.8) is 0 Å². The molecule has 6 heteroatoms. The Kier molecular flexibility index (Phi) is 8.35. The first-order chi connectivity index (χ1) is 6.74. The molecule has 0 saturated carbocycles. The van der Waals surface area contributed by atoms with E-state index in [0.717, 1.165) is 19.0 Å². The molecule has 86 valence electrons. The zero-order valence-corrected chi connectivity index (χ0v) is 10.2. The molecule has 0 radical (unpaired) electrons. The maximum absolute atomic E-state index is 8.54. The van der Waals surface area contributed by atoms with Gasteiger partial charge < -0.3 is 23.7 Å². The van der Waals surface area contributed by atoms with Crippen LogP contribution in [0.15, 0.2) is 0 Å². The summed E-state index contributed by atoms with van der Waals surface area (Å²) in [4.78, 5) is 0. The molecule has 0 rings (SSSR count). The summed E-state index contributed by atoms with van der Waals surface area (Å²) in [6, 6.07) is 0.787. The zero-order chi connectivity index (χ0) is 10.9. The third kappa shape index (κ3) is 5.04. The maximum Gasteiger partial charge on any atom is 0.500 e. The molecule has 0 aliphatic carbocycles. The van der Waals surface area contributed by atoms with Crippen molar-refractivity contribution in [3.8, 4) is 0 Å². The lowest BCUT2D eigenvalue weighted by molar-refractivity contribution is 0.123. The van der Waals surface area contributed by atoms with Crippen LogP contribution in [0.25, 0.3) is 0 Å². The summed E-state index contributed by atoms with van der Waals surface area (Å²) in [5.41, 5.74) is 0. The molecule has 14 heavy (non-hydrogen) atoms. The van der Waals surface area contributed by atoms with Crippen molar-refractivity contribution in [1.82, 2.24) is 5.32 Å². The van der Waals surface area contributed by atoms with E-state index in [1.165, 1.54) is 0 Å². The molecule has 0 bridgehead atoms. The Balaban J connectivity index is 3.61. The summed E-state index contributed by atoms with van der Waals surface area (Å²) in [5, 5.41) is 11.6. The molecule has 0 aliphatic rings. The molecule has 0 aromatic heterocycles. The predicted octanol–water partition coefficient (Wildman–Crippen LogP) is -0.163. The molecule has 0 spiro atoms. The number of hydrogen-bond donors (Lipinski definition) is 2. The summed E-state index contributed by atoms with van der Waals surface area (Å²) < 4.78 is 15.8. The lowest BCUT2D eigenvalue weighted by Gasteiger charge is -2.24. The molecule has 0 unspecified atom stereocenters. The van der Waals surface area contributed by atoms with E-state index in [4.69, 9.17) is 18.4 Å². The molecular formula is C8H21NO4Si. The maximum atomic E-state index is 8.54. The third-order valence-corrected chi connectivity index (χ3v) is 4.89. The number of aliphatic hydroxyl groups excluding tert-OH is 1. The van der Waals surface area contributed by atoms with Gasteiger partial charge in [0.05, 0.1) is 6.61 Å². The van der Waals surface area contributed by atoms with Crippen molar-refractivity contribution in [2.75, 3.05) is 41.0 Å². The molecular weight excluding hydrogens is 202 g/mol. The summed E-state index contributed by atoms with van der Waals surface area (Å²) in [7, 11) is 2.45. The van der Waals surface area contributed by atoms with Gasteiger partial charge in [-0.2, -0.15) is 0 Å². The Morgan fingerprint density at radius 2 is 1.64 bits per heavy atom. The highest BCUT2D eigenvalue weighted by molar-refractivity contribution is 6.60. The van der Waals surface area contributed by atoms with Crippen molar-refractivity contribution in [2.45, 2.75) is 12.5 Å². The van der Waals surface area contributed by atoms with E-state index in [1.54, 1.807) is 21.3 Å². The van der Waals surface area contributed by atoms with Gasteiger partial charge in [-0.1, -0.05) is 0 Å². The van der Waals surface area contributed by atoms with E-state index in [1.807, 2.05) is 0 Å². The van der Waals surface area contributed by atoms with E-state index in [-0.39, 0.29) is 6.61 Å². The zero-order valence-electron chi connectivity index (χ0n) is 9.21. The number of hydrogen-bond acceptors (Lipinski definition) is 5. The SMILES string of the molecule is CO[Si](CCCNCCO)(OC)OC. The van der Waals surface area contributed by atoms with Gasteiger partial charge in [-0.3, -0.25) is 0 Å². The molecule has 0 saturated heterocycles. The Hall–Kier alpha value is 0.0169. The third-order valence-electron chi connectivity index (χ3n) is 2.06. The number of rotatable bonds is 9. The largest absolute Gasteiger partial charge is 0.500 e. The second kappa shape index (κ2) is 8.34. The van der Waals surface area contributed by atoms with Crippen LogP contribution in [0.5, 0.6) is 0 Å². The van der Waals surface area contributed by atoms with Gasteiger partial charge in [0.15, 0.2) is 0 Å². The monoisotopic (exact) mass is 223 g/mol. The van der Waals surface area contributed by atoms with Crippen LogP contribution < -0.4 is 5.32 Å². The highest BCUT2D eigenvalue weighted by atomic mass is 28.4. The molecule has 0 atom stereocenters. The minimum atomic E-state index is -2.38. The van der Waals surface area contributed by atoms with Gasteiger partial charge in [0.2, 0.25) is 0 Å². The standard InChI is InChI=1S/C8H21NO4Si/c1-11-14(12-2,13-3)8-4-5-9-6-7-10/h9-10H,4-8H2,1-3H3. The number of aliphatic hydroxyl groups is 1. The second-order valence-corrected chi connectivity index (χ2v) is 5.96. The first kappa shape index (κ1) is 14.0. The summed E-state index contributed by atoms with van der Waals surface area (Å²) in [6.07, 6.45) is 0.918. The fourth-order valence-electron chi connectivity index (χ4n) is 1.19. The van der Waals surface area contributed by atoms with Gasteiger partial charge in [-0.25, -0.2) is 0 Å². The Bertz CT molecular complexity index is 124. The number of nitrogens with one attached hydrogen (secondary N) is 1. The van der Waals surface area contributed by atoms with Crippen LogP contribution in [0.2, 0.25) is 6.04 Å². The van der Waals surface area contributed by atoms with Crippen LogP contribution in [0.1, 0.15) is 6.42 Å². The van der Waals surface area contributed by atoms with Crippen LogP contribution in [0, 0.1) is 0 Å². The van der Waals surface area contributed by atoms with Crippen LogP contribution in [0.3, 0.4) is 0 Å². The van der Waals surface area contributed by atoms with E-state index in [2.05, 4.69) is 5.32 Å². The molecule has 0 amide bonds. The molecule has 0 aromatic rings. The van der Waals surface area contributed by atoms with Crippen LogP contribution in [0.4, 0.5) is 0 Å². The van der Waals surface area contributed by atoms with Gasteiger partial charge in [-0.05, 0) is 13.0 Å².